The average molecular weight is 287 g/mol. The summed E-state index contributed by atoms with van der Waals surface area (Å²) in [5, 5.41) is 18.6. The molecule has 0 aliphatic heterocycles. The summed E-state index contributed by atoms with van der Waals surface area (Å²) >= 11 is 5.96. The van der Waals surface area contributed by atoms with Gasteiger partial charge in [0.2, 0.25) is 0 Å². The summed E-state index contributed by atoms with van der Waals surface area (Å²) in [5.74, 6) is -1.68. The molecule has 0 aliphatic rings. The number of aryl methyl sites for hydroxylation is 1. The van der Waals surface area contributed by atoms with Crippen LogP contribution in [0.4, 0.5) is 0 Å². The molecular formula is C13H15ClO5. The predicted octanol–water partition coefficient (Wildman–Crippen LogP) is 1.95. The lowest BCUT2D eigenvalue weighted by molar-refractivity contribution is -0.147. The van der Waals surface area contributed by atoms with Crippen molar-refractivity contribution in [3.8, 4) is 0 Å². The van der Waals surface area contributed by atoms with Gasteiger partial charge in [-0.2, -0.15) is 0 Å². The summed E-state index contributed by atoms with van der Waals surface area (Å²) in [5.41, 5.74) is 0.836. The lowest BCUT2D eigenvalue weighted by atomic mass is 10.0. The number of ether oxygens (including phenoxy) is 1. The molecule has 0 spiro atoms. The van der Waals surface area contributed by atoms with Crippen molar-refractivity contribution in [2.24, 2.45) is 0 Å². The number of carbonyl (C=O) groups excluding carboxylic acids is 1. The van der Waals surface area contributed by atoms with Gasteiger partial charge in [-0.05, 0) is 30.5 Å². The SMILES string of the molecule is CCOC(=O)CCc1cc(C(O)C(=O)O)ccc1Cl. The number of esters is 1. The molecule has 0 radical (unpaired) electrons. The van der Waals surface area contributed by atoms with E-state index in [1.807, 2.05) is 0 Å². The van der Waals surface area contributed by atoms with Crippen molar-refractivity contribution in [2.45, 2.75) is 25.9 Å². The topological polar surface area (TPSA) is 83.8 Å². The third kappa shape index (κ3) is 4.54. The van der Waals surface area contributed by atoms with Crippen LogP contribution in [0.2, 0.25) is 5.02 Å². The van der Waals surface area contributed by atoms with Gasteiger partial charge in [0.15, 0.2) is 6.10 Å². The van der Waals surface area contributed by atoms with Crippen LogP contribution < -0.4 is 0 Å². The van der Waals surface area contributed by atoms with Gasteiger partial charge in [-0.15, -0.1) is 0 Å². The van der Waals surface area contributed by atoms with Crippen molar-refractivity contribution < 1.29 is 24.5 Å². The minimum absolute atomic E-state index is 0.153. The minimum atomic E-state index is -1.60. The summed E-state index contributed by atoms with van der Waals surface area (Å²) in [7, 11) is 0. The van der Waals surface area contributed by atoms with E-state index in [-0.39, 0.29) is 18.0 Å². The summed E-state index contributed by atoms with van der Waals surface area (Å²) in [6, 6.07) is 4.43. The van der Waals surface area contributed by atoms with E-state index in [2.05, 4.69) is 0 Å². The third-order valence-corrected chi connectivity index (χ3v) is 2.89. The first-order chi connectivity index (χ1) is 8.95. The molecule has 19 heavy (non-hydrogen) atoms. The first-order valence-corrected chi connectivity index (χ1v) is 6.18. The first kappa shape index (κ1) is 15.5. The van der Waals surface area contributed by atoms with Crippen molar-refractivity contribution in [1.29, 1.82) is 0 Å². The molecule has 0 aliphatic carbocycles. The standard InChI is InChI=1S/C13H15ClO5/c1-2-19-11(15)6-4-8-7-9(3-5-10(8)14)12(16)13(17)18/h3,5,7,12,16H,2,4,6H2,1H3,(H,17,18). The minimum Gasteiger partial charge on any atom is -0.479 e. The van der Waals surface area contributed by atoms with E-state index >= 15 is 0 Å². The van der Waals surface area contributed by atoms with Crippen molar-refractivity contribution in [3.63, 3.8) is 0 Å². The van der Waals surface area contributed by atoms with E-state index < -0.39 is 12.1 Å². The second-order valence-corrected chi connectivity index (χ2v) is 4.30. The van der Waals surface area contributed by atoms with Gasteiger partial charge in [0.05, 0.1) is 6.61 Å². The van der Waals surface area contributed by atoms with Crippen molar-refractivity contribution in [3.05, 3.63) is 34.3 Å². The number of hydrogen-bond acceptors (Lipinski definition) is 4. The maximum Gasteiger partial charge on any atom is 0.337 e. The highest BCUT2D eigenvalue weighted by Crippen LogP contribution is 2.23. The number of aliphatic hydroxyl groups excluding tert-OH is 1. The molecule has 0 amide bonds. The number of aliphatic carboxylic acids is 1. The van der Waals surface area contributed by atoms with Crippen LogP contribution in [0.5, 0.6) is 0 Å². The van der Waals surface area contributed by atoms with Gasteiger partial charge in [0.1, 0.15) is 0 Å². The lowest BCUT2D eigenvalue weighted by Crippen LogP contribution is -2.11. The molecule has 1 rings (SSSR count). The summed E-state index contributed by atoms with van der Waals surface area (Å²) in [4.78, 5) is 21.9. The Morgan fingerprint density at radius 1 is 1.42 bits per heavy atom. The van der Waals surface area contributed by atoms with Crippen LogP contribution in [0, 0.1) is 0 Å². The van der Waals surface area contributed by atoms with Gasteiger partial charge in [0.25, 0.3) is 0 Å². The highest BCUT2D eigenvalue weighted by molar-refractivity contribution is 6.31. The molecule has 1 unspecified atom stereocenters. The van der Waals surface area contributed by atoms with Crippen molar-refractivity contribution in [1.82, 2.24) is 0 Å². The fraction of sp³-hybridized carbons (Fsp3) is 0.385. The maximum atomic E-state index is 11.2. The van der Waals surface area contributed by atoms with Crippen LogP contribution in [-0.4, -0.2) is 28.8 Å². The Morgan fingerprint density at radius 2 is 2.11 bits per heavy atom. The fourth-order valence-electron chi connectivity index (χ4n) is 1.57. The smallest absolute Gasteiger partial charge is 0.337 e. The van der Waals surface area contributed by atoms with E-state index in [1.165, 1.54) is 18.2 Å². The summed E-state index contributed by atoms with van der Waals surface area (Å²) in [6.07, 6.45) is -1.11. The molecule has 0 aromatic heterocycles. The Labute approximate surface area is 115 Å². The van der Waals surface area contributed by atoms with Crippen molar-refractivity contribution >= 4 is 23.5 Å². The molecular weight excluding hydrogens is 272 g/mol. The van der Waals surface area contributed by atoms with E-state index in [0.29, 0.717) is 23.6 Å². The average Bonchev–Trinajstić information content (AvgIpc) is 2.37. The molecule has 0 fully saturated rings. The normalized spacial score (nSPS) is 11.9. The van der Waals surface area contributed by atoms with Crippen LogP contribution >= 0.6 is 11.6 Å². The van der Waals surface area contributed by atoms with E-state index in [1.54, 1.807) is 6.92 Å². The Bertz CT molecular complexity index is 472. The maximum absolute atomic E-state index is 11.2. The first-order valence-electron chi connectivity index (χ1n) is 5.80. The fourth-order valence-corrected chi connectivity index (χ4v) is 1.78. The Hall–Kier alpha value is -1.59. The monoisotopic (exact) mass is 286 g/mol. The molecule has 2 N–H and O–H groups in total. The van der Waals surface area contributed by atoms with Crippen LogP contribution in [0.15, 0.2) is 18.2 Å². The number of halogens is 1. The molecule has 5 nitrogen and oxygen atoms in total. The molecule has 0 saturated carbocycles. The highest BCUT2D eigenvalue weighted by Gasteiger charge is 2.17. The lowest BCUT2D eigenvalue weighted by Gasteiger charge is -2.10. The van der Waals surface area contributed by atoms with Gasteiger partial charge in [0, 0.05) is 11.4 Å². The molecule has 6 heteroatoms. The number of carboxylic acids is 1. The Balaban J connectivity index is 2.80. The predicted molar refractivity (Wildman–Crippen MR) is 69.0 cm³/mol. The second-order valence-electron chi connectivity index (χ2n) is 3.90. The number of carboxylic acid groups (broad SMARTS) is 1. The van der Waals surface area contributed by atoms with E-state index in [4.69, 9.17) is 21.4 Å². The molecule has 0 saturated heterocycles. The van der Waals surface area contributed by atoms with Gasteiger partial charge in [-0.25, -0.2) is 4.79 Å². The van der Waals surface area contributed by atoms with E-state index in [9.17, 15) is 14.7 Å². The van der Waals surface area contributed by atoms with Gasteiger partial charge in [-0.3, -0.25) is 4.79 Å². The molecule has 0 heterocycles. The third-order valence-electron chi connectivity index (χ3n) is 2.52. The van der Waals surface area contributed by atoms with Gasteiger partial charge < -0.3 is 14.9 Å². The zero-order valence-corrected chi connectivity index (χ0v) is 11.2. The quantitative estimate of drug-likeness (QED) is 0.781. The molecule has 1 aromatic carbocycles. The Morgan fingerprint density at radius 3 is 2.68 bits per heavy atom. The number of rotatable bonds is 6. The number of benzene rings is 1. The second kappa shape index (κ2) is 7.11. The molecule has 1 atom stereocenters. The van der Waals surface area contributed by atoms with Crippen LogP contribution in [0.25, 0.3) is 0 Å². The highest BCUT2D eigenvalue weighted by atomic mass is 35.5. The van der Waals surface area contributed by atoms with Crippen molar-refractivity contribution in [2.75, 3.05) is 6.61 Å². The summed E-state index contributed by atoms with van der Waals surface area (Å²) in [6.45, 7) is 2.03. The number of carbonyl (C=O) groups is 2. The summed E-state index contributed by atoms with van der Waals surface area (Å²) < 4.78 is 4.79. The number of aliphatic hydroxyl groups is 1. The zero-order valence-electron chi connectivity index (χ0n) is 10.4. The number of hydrogen-bond donors (Lipinski definition) is 2. The molecule has 104 valence electrons. The molecule has 1 aromatic rings. The van der Waals surface area contributed by atoms with Crippen LogP contribution in [0.1, 0.15) is 30.6 Å². The van der Waals surface area contributed by atoms with E-state index in [0.717, 1.165) is 0 Å². The van der Waals surface area contributed by atoms with Crippen LogP contribution in [-0.2, 0) is 20.7 Å². The largest absolute Gasteiger partial charge is 0.479 e. The molecule has 0 bridgehead atoms. The van der Waals surface area contributed by atoms with Gasteiger partial charge in [-0.1, -0.05) is 23.7 Å². The van der Waals surface area contributed by atoms with Crippen LogP contribution in [0.3, 0.4) is 0 Å². The Kier molecular flexibility index (Phi) is 5.79. The van der Waals surface area contributed by atoms with Gasteiger partial charge >= 0.3 is 11.9 Å². The zero-order chi connectivity index (χ0) is 14.4.